The third kappa shape index (κ3) is 2.10. The van der Waals surface area contributed by atoms with Gasteiger partial charge in [0.1, 0.15) is 0 Å². The van der Waals surface area contributed by atoms with Crippen molar-refractivity contribution in [1.29, 1.82) is 0 Å². The van der Waals surface area contributed by atoms with Crippen LogP contribution in [-0.4, -0.2) is 42.8 Å². The lowest BCUT2D eigenvalue weighted by atomic mass is 9.99. The molecule has 0 spiro atoms. The molecule has 0 aromatic carbocycles. The van der Waals surface area contributed by atoms with Crippen LogP contribution in [-0.2, 0) is 4.74 Å². The van der Waals surface area contributed by atoms with Crippen molar-refractivity contribution >= 4 is 0 Å². The summed E-state index contributed by atoms with van der Waals surface area (Å²) < 4.78 is 5.38. The molecule has 2 aliphatic heterocycles. The second-order valence-electron chi connectivity index (χ2n) is 5.28. The van der Waals surface area contributed by atoms with E-state index in [9.17, 15) is 0 Å². The number of rotatable bonds is 2. The average Bonchev–Trinajstić information content (AvgIpc) is 2.61. The summed E-state index contributed by atoms with van der Waals surface area (Å²) in [5.74, 6) is 0.830. The third-order valence-corrected chi connectivity index (χ3v) is 3.56. The summed E-state index contributed by atoms with van der Waals surface area (Å²) in [4.78, 5) is 2.53. The van der Waals surface area contributed by atoms with Crippen LogP contribution in [0, 0.1) is 5.92 Å². The first kappa shape index (κ1) is 10.4. The van der Waals surface area contributed by atoms with E-state index in [1.165, 1.54) is 13.0 Å². The van der Waals surface area contributed by atoms with Gasteiger partial charge in [0.05, 0.1) is 12.1 Å². The third-order valence-electron chi connectivity index (χ3n) is 3.56. The SMILES string of the molecule is CC1CC(C)N(CC2(N)CCOC2)C1. The molecule has 0 aliphatic carbocycles. The zero-order chi connectivity index (χ0) is 10.2. The van der Waals surface area contributed by atoms with E-state index in [4.69, 9.17) is 10.5 Å². The van der Waals surface area contributed by atoms with Gasteiger partial charge in [0.15, 0.2) is 0 Å². The summed E-state index contributed by atoms with van der Waals surface area (Å²) >= 11 is 0. The largest absolute Gasteiger partial charge is 0.379 e. The highest BCUT2D eigenvalue weighted by molar-refractivity contribution is 4.94. The highest BCUT2D eigenvalue weighted by atomic mass is 16.5. The van der Waals surface area contributed by atoms with Crippen molar-refractivity contribution in [2.45, 2.75) is 38.3 Å². The first-order valence-electron chi connectivity index (χ1n) is 5.70. The summed E-state index contributed by atoms with van der Waals surface area (Å²) in [7, 11) is 0. The van der Waals surface area contributed by atoms with Gasteiger partial charge in [-0.3, -0.25) is 4.90 Å². The smallest absolute Gasteiger partial charge is 0.0659 e. The molecule has 2 fully saturated rings. The molecule has 2 aliphatic rings. The molecule has 0 aromatic heterocycles. The fourth-order valence-electron chi connectivity index (χ4n) is 2.76. The Kier molecular flexibility index (Phi) is 2.82. The molecule has 0 saturated carbocycles. The first-order chi connectivity index (χ1) is 6.59. The van der Waals surface area contributed by atoms with Gasteiger partial charge in [-0.2, -0.15) is 0 Å². The van der Waals surface area contributed by atoms with E-state index in [1.807, 2.05) is 0 Å². The van der Waals surface area contributed by atoms with Crippen molar-refractivity contribution in [2.75, 3.05) is 26.3 Å². The Morgan fingerprint density at radius 3 is 2.79 bits per heavy atom. The molecule has 3 unspecified atom stereocenters. The summed E-state index contributed by atoms with van der Waals surface area (Å²) in [5, 5.41) is 0. The van der Waals surface area contributed by atoms with Gasteiger partial charge < -0.3 is 10.5 Å². The van der Waals surface area contributed by atoms with Gasteiger partial charge in [-0.05, 0) is 25.7 Å². The van der Waals surface area contributed by atoms with Crippen LogP contribution in [0.2, 0.25) is 0 Å². The molecule has 2 heterocycles. The fourth-order valence-corrected chi connectivity index (χ4v) is 2.76. The highest BCUT2D eigenvalue weighted by Gasteiger charge is 2.36. The van der Waals surface area contributed by atoms with Crippen LogP contribution in [0.15, 0.2) is 0 Å². The van der Waals surface area contributed by atoms with E-state index in [2.05, 4.69) is 18.7 Å². The van der Waals surface area contributed by atoms with Gasteiger partial charge >= 0.3 is 0 Å². The van der Waals surface area contributed by atoms with Crippen molar-refractivity contribution in [1.82, 2.24) is 4.90 Å². The summed E-state index contributed by atoms with van der Waals surface area (Å²) in [5.41, 5.74) is 6.21. The van der Waals surface area contributed by atoms with Crippen LogP contribution in [0.1, 0.15) is 26.7 Å². The molecule has 14 heavy (non-hydrogen) atoms. The standard InChI is InChI=1S/C11H22N2O/c1-9-5-10(2)13(6-9)7-11(12)3-4-14-8-11/h9-10H,3-8,12H2,1-2H3. The molecule has 0 amide bonds. The maximum Gasteiger partial charge on any atom is 0.0659 e. The van der Waals surface area contributed by atoms with Gasteiger partial charge in [0.25, 0.3) is 0 Å². The van der Waals surface area contributed by atoms with Gasteiger partial charge in [-0.25, -0.2) is 0 Å². The Balaban J connectivity index is 1.90. The molecule has 2 saturated heterocycles. The van der Waals surface area contributed by atoms with Crippen LogP contribution in [0.5, 0.6) is 0 Å². The number of hydrogen-bond donors (Lipinski definition) is 1. The maximum absolute atomic E-state index is 6.28. The molecule has 82 valence electrons. The zero-order valence-corrected chi connectivity index (χ0v) is 9.33. The zero-order valence-electron chi connectivity index (χ0n) is 9.33. The van der Waals surface area contributed by atoms with Crippen LogP contribution in [0.3, 0.4) is 0 Å². The van der Waals surface area contributed by atoms with Gasteiger partial charge in [-0.1, -0.05) is 6.92 Å². The van der Waals surface area contributed by atoms with E-state index < -0.39 is 0 Å². The molecule has 2 N–H and O–H groups in total. The lowest BCUT2D eigenvalue weighted by Gasteiger charge is -2.31. The predicted octanol–water partition coefficient (Wildman–Crippen LogP) is 0.834. The van der Waals surface area contributed by atoms with Gasteiger partial charge in [0.2, 0.25) is 0 Å². The summed E-state index contributed by atoms with van der Waals surface area (Å²) in [6, 6.07) is 0.700. The van der Waals surface area contributed by atoms with Gasteiger partial charge in [0, 0.05) is 25.7 Å². The van der Waals surface area contributed by atoms with E-state index >= 15 is 0 Å². The van der Waals surface area contributed by atoms with E-state index in [-0.39, 0.29) is 5.54 Å². The van der Waals surface area contributed by atoms with Gasteiger partial charge in [-0.15, -0.1) is 0 Å². The second-order valence-corrected chi connectivity index (χ2v) is 5.28. The van der Waals surface area contributed by atoms with Crippen LogP contribution in [0.4, 0.5) is 0 Å². The van der Waals surface area contributed by atoms with Crippen molar-refractivity contribution < 1.29 is 4.74 Å². The number of likely N-dealkylation sites (tertiary alicyclic amines) is 1. The topological polar surface area (TPSA) is 38.5 Å². The molecular formula is C11H22N2O. The maximum atomic E-state index is 6.28. The predicted molar refractivity (Wildman–Crippen MR) is 57.2 cm³/mol. The minimum absolute atomic E-state index is 0.0711. The highest BCUT2D eigenvalue weighted by Crippen LogP contribution is 2.26. The molecule has 3 atom stereocenters. The number of ether oxygens (including phenoxy) is 1. The fraction of sp³-hybridized carbons (Fsp3) is 1.00. The van der Waals surface area contributed by atoms with Crippen LogP contribution in [0.25, 0.3) is 0 Å². The Morgan fingerprint density at radius 1 is 1.50 bits per heavy atom. The second kappa shape index (κ2) is 3.80. The molecule has 3 nitrogen and oxygen atoms in total. The molecule has 3 heteroatoms. The van der Waals surface area contributed by atoms with Crippen molar-refractivity contribution in [3.05, 3.63) is 0 Å². The number of nitrogens with zero attached hydrogens (tertiary/aromatic N) is 1. The van der Waals surface area contributed by atoms with E-state index in [0.29, 0.717) is 6.04 Å². The van der Waals surface area contributed by atoms with Crippen LogP contribution >= 0.6 is 0 Å². The number of nitrogens with two attached hydrogens (primary N) is 1. The molecular weight excluding hydrogens is 176 g/mol. The lowest BCUT2D eigenvalue weighted by Crippen LogP contribution is -2.51. The van der Waals surface area contributed by atoms with Crippen molar-refractivity contribution in [3.63, 3.8) is 0 Å². The molecule has 0 bridgehead atoms. The summed E-state index contributed by atoms with van der Waals surface area (Å²) in [6.45, 7) is 8.44. The van der Waals surface area contributed by atoms with Crippen molar-refractivity contribution in [3.8, 4) is 0 Å². The minimum Gasteiger partial charge on any atom is -0.379 e. The van der Waals surface area contributed by atoms with E-state index in [1.54, 1.807) is 0 Å². The first-order valence-corrected chi connectivity index (χ1v) is 5.70. The lowest BCUT2D eigenvalue weighted by molar-refractivity contribution is 0.149. The molecule has 0 aromatic rings. The Labute approximate surface area is 86.6 Å². The van der Waals surface area contributed by atoms with Crippen molar-refractivity contribution in [2.24, 2.45) is 11.7 Å². The number of hydrogen-bond acceptors (Lipinski definition) is 3. The average molecular weight is 198 g/mol. The monoisotopic (exact) mass is 198 g/mol. The molecule has 0 radical (unpaired) electrons. The molecule has 2 rings (SSSR count). The quantitative estimate of drug-likeness (QED) is 0.714. The minimum atomic E-state index is -0.0711. The Hall–Kier alpha value is -0.120. The van der Waals surface area contributed by atoms with Crippen LogP contribution < -0.4 is 5.73 Å². The normalized spacial score (nSPS) is 44.8. The Morgan fingerprint density at radius 2 is 2.29 bits per heavy atom. The Bertz CT molecular complexity index is 201. The summed E-state index contributed by atoms with van der Waals surface area (Å²) in [6.07, 6.45) is 2.33. The van der Waals surface area contributed by atoms with E-state index in [0.717, 1.165) is 32.1 Å².